The number of esters is 1. The number of carbonyl (C=O) groups is 1. The summed E-state index contributed by atoms with van der Waals surface area (Å²) in [5.41, 5.74) is 2.69. The fourth-order valence-corrected chi connectivity index (χ4v) is 1.15. The Hall–Kier alpha value is -1.25. The first kappa shape index (κ1) is 9.84. The second kappa shape index (κ2) is 4.12. The summed E-state index contributed by atoms with van der Waals surface area (Å²) in [5, 5.41) is 0. The number of aryl methyl sites for hydroxylation is 1. The van der Waals surface area contributed by atoms with Gasteiger partial charge in [0.25, 0.3) is 0 Å². The maximum atomic E-state index is 11.0. The van der Waals surface area contributed by atoms with E-state index in [1.807, 2.05) is 19.1 Å². The largest absolute Gasteiger partial charge is 0.469 e. The van der Waals surface area contributed by atoms with Gasteiger partial charge in [-0.05, 0) is 18.1 Å². The van der Waals surface area contributed by atoms with Crippen molar-refractivity contribution >= 4 is 19.3 Å². The predicted octanol–water partition coefficient (Wildman–Crippen LogP) is 0.504. The monoisotopic (exact) mass is 174 g/mol. The molecule has 0 saturated carbocycles. The second-order valence-corrected chi connectivity index (χ2v) is 2.94. The average Bonchev–Trinajstić information content (AvgIpc) is 2.09. The van der Waals surface area contributed by atoms with Gasteiger partial charge >= 0.3 is 5.97 Å². The van der Waals surface area contributed by atoms with E-state index in [0.29, 0.717) is 11.9 Å². The summed E-state index contributed by atoms with van der Waals surface area (Å²) in [5.74, 6) is -0.229. The Morgan fingerprint density at radius 1 is 1.54 bits per heavy atom. The van der Waals surface area contributed by atoms with Crippen LogP contribution in [0.4, 0.5) is 0 Å². The molecule has 0 unspecified atom stereocenters. The molecular weight excluding hydrogens is 163 g/mol. The van der Waals surface area contributed by atoms with Crippen LogP contribution < -0.4 is 5.46 Å². The quantitative estimate of drug-likeness (QED) is 0.482. The highest BCUT2D eigenvalue weighted by Gasteiger charge is 2.04. The van der Waals surface area contributed by atoms with Gasteiger partial charge in [-0.25, -0.2) is 0 Å². The minimum atomic E-state index is -0.229. The smallest absolute Gasteiger partial charge is 0.309 e. The Labute approximate surface area is 79.3 Å². The van der Waals surface area contributed by atoms with Crippen LogP contribution in [0, 0.1) is 6.92 Å². The third-order valence-electron chi connectivity index (χ3n) is 1.93. The van der Waals surface area contributed by atoms with Gasteiger partial charge in [0.1, 0.15) is 7.85 Å². The molecular formula is C10H11BO2. The number of hydrogen-bond donors (Lipinski definition) is 0. The summed E-state index contributed by atoms with van der Waals surface area (Å²) in [4.78, 5) is 11.0. The topological polar surface area (TPSA) is 26.3 Å². The highest BCUT2D eigenvalue weighted by molar-refractivity contribution is 6.32. The lowest BCUT2D eigenvalue weighted by Crippen LogP contribution is -2.09. The predicted molar refractivity (Wildman–Crippen MR) is 52.3 cm³/mol. The van der Waals surface area contributed by atoms with Gasteiger partial charge in [0, 0.05) is 0 Å². The molecule has 0 aromatic heterocycles. The Morgan fingerprint density at radius 3 is 2.77 bits per heavy atom. The molecule has 0 aliphatic rings. The number of carbonyl (C=O) groups excluding carboxylic acids is 1. The van der Waals surface area contributed by atoms with E-state index in [9.17, 15) is 4.79 Å². The zero-order valence-electron chi connectivity index (χ0n) is 7.83. The van der Waals surface area contributed by atoms with E-state index in [1.54, 1.807) is 6.07 Å². The van der Waals surface area contributed by atoms with Gasteiger partial charge in [-0.2, -0.15) is 0 Å². The van der Waals surface area contributed by atoms with Crippen molar-refractivity contribution in [1.82, 2.24) is 0 Å². The first-order valence-corrected chi connectivity index (χ1v) is 4.05. The Kier molecular flexibility index (Phi) is 3.12. The Bertz CT molecular complexity index is 321. The fourth-order valence-electron chi connectivity index (χ4n) is 1.15. The lowest BCUT2D eigenvalue weighted by Gasteiger charge is -2.05. The van der Waals surface area contributed by atoms with Crippen LogP contribution in [0.2, 0.25) is 0 Å². The highest BCUT2D eigenvalue weighted by Crippen LogP contribution is 2.06. The molecule has 0 aliphatic heterocycles. The molecule has 3 heteroatoms. The van der Waals surface area contributed by atoms with Crippen molar-refractivity contribution in [2.75, 3.05) is 7.11 Å². The van der Waals surface area contributed by atoms with Gasteiger partial charge in [-0.1, -0.05) is 23.7 Å². The van der Waals surface area contributed by atoms with Gasteiger partial charge in [0.15, 0.2) is 0 Å². The van der Waals surface area contributed by atoms with E-state index in [2.05, 4.69) is 4.74 Å². The van der Waals surface area contributed by atoms with Crippen LogP contribution in [0.15, 0.2) is 18.2 Å². The van der Waals surface area contributed by atoms with E-state index in [1.165, 1.54) is 7.11 Å². The van der Waals surface area contributed by atoms with Crippen LogP contribution in [0.3, 0.4) is 0 Å². The lowest BCUT2D eigenvalue weighted by molar-refractivity contribution is -0.139. The molecule has 1 aromatic carbocycles. The van der Waals surface area contributed by atoms with Crippen molar-refractivity contribution in [2.24, 2.45) is 0 Å². The first-order valence-electron chi connectivity index (χ1n) is 4.05. The number of ether oxygens (including phenoxy) is 1. The summed E-state index contributed by atoms with van der Waals surface area (Å²) in [6, 6.07) is 5.48. The first-order chi connectivity index (χ1) is 6.13. The highest BCUT2D eigenvalue weighted by atomic mass is 16.5. The molecule has 1 aromatic rings. The van der Waals surface area contributed by atoms with E-state index in [0.717, 1.165) is 11.1 Å². The molecule has 2 nitrogen and oxygen atoms in total. The molecule has 0 saturated heterocycles. The number of methoxy groups -OCH3 is 1. The molecule has 2 radical (unpaired) electrons. The zero-order chi connectivity index (χ0) is 9.84. The van der Waals surface area contributed by atoms with Crippen LogP contribution in [0.5, 0.6) is 0 Å². The Morgan fingerprint density at radius 2 is 2.23 bits per heavy atom. The van der Waals surface area contributed by atoms with Crippen LogP contribution in [-0.4, -0.2) is 20.9 Å². The van der Waals surface area contributed by atoms with Crippen molar-refractivity contribution < 1.29 is 9.53 Å². The summed E-state index contributed by atoms with van der Waals surface area (Å²) in [7, 11) is 6.96. The minimum Gasteiger partial charge on any atom is -0.469 e. The number of benzene rings is 1. The molecule has 0 spiro atoms. The normalized spacial score (nSPS) is 9.69. The van der Waals surface area contributed by atoms with Crippen molar-refractivity contribution in [3.05, 3.63) is 29.3 Å². The molecule has 0 amide bonds. The van der Waals surface area contributed by atoms with Gasteiger partial charge in [0.05, 0.1) is 13.5 Å². The summed E-state index contributed by atoms with van der Waals surface area (Å²) < 4.78 is 4.57. The van der Waals surface area contributed by atoms with Gasteiger partial charge in [-0.15, -0.1) is 0 Å². The summed E-state index contributed by atoms with van der Waals surface area (Å²) in [6.07, 6.45) is 0.308. The number of hydrogen-bond acceptors (Lipinski definition) is 2. The third-order valence-corrected chi connectivity index (χ3v) is 1.93. The van der Waals surface area contributed by atoms with Crippen LogP contribution in [-0.2, 0) is 16.0 Å². The SMILES string of the molecule is [B]c1ccc(CC(=O)OC)c(C)c1. The van der Waals surface area contributed by atoms with Crippen LogP contribution in [0.1, 0.15) is 11.1 Å². The van der Waals surface area contributed by atoms with E-state index < -0.39 is 0 Å². The number of rotatable bonds is 2. The molecule has 1 rings (SSSR count). The molecule has 0 bridgehead atoms. The summed E-state index contributed by atoms with van der Waals surface area (Å²) >= 11 is 0. The van der Waals surface area contributed by atoms with E-state index >= 15 is 0 Å². The Balaban J connectivity index is 2.83. The van der Waals surface area contributed by atoms with Crippen molar-refractivity contribution in [3.8, 4) is 0 Å². The van der Waals surface area contributed by atoms with Gasteiger partial charge in [0.2, 0.25) is 0 Å². The fraction of sp³-hybridized carbons (Fsp3) is 0.300. The molecule has 0 N–H and O–H groups in total. The van der Waals surface area contributed by atoms with Crippen molar-refractivity contribution in [1.29, 1.82) is 0 Å². The van der Waals surface area contributed by atoms with E-state index in [4.69, 9.17) is 7.85 Å². The molecule has 0 heterocycles. The molecule has 13 heavy (non-hydrogen) atoms. The van der Waals surface area contributed by atoms with Crippen LogP contribution >= 0.6 is 0 Å². The molecule has 66 valence electrons. The average molecular weight is 174 g/mol. The maximum Gasteiger partial charge on any atom is 0.309 e. The van der Waals surface area contributed by atoms with Crippen molar-refractivity contribution in [2.45, 2.75) is 13.3 Å². The molecule has 0 atom stereocenters. The maximum absolute atomic E-state index is 11.0. The molecule has 0 fully saturated rings. The molecule has 0 aliphatic carbocycles. The second-order valence-electron chi connectivity index (χ2n) is 2.94. The van der Waals surface area contributed by atoms with E-state index in [-0.39, 0.29) is 5.97 Å². The standard InChI is InChI=1S/C10H11BO2/c1-7-5-9(11)4-3-8(7)6-10(12)13-2/h3-5H,6H2,1-2H3. The minimum absolute atomic E-state index is 0.229. The van der Waals surface area contributed by atoms with Crippen LogP contribution in [0.25, 0.3) is 0 Å². The van der Waals surface area contributed by atoms with Gasteiger partial charge in [-0.3, -0.25) is 4.79 Å². The third kappa shape index (κ3) is 2.62. The summed E-state index contributed by atoms with van der Waals surface area (Å²) in [6.45, 7) is 1.93. The lowest BCUT2D eigenvalue weighted by atomic mass is 9.92. The van der Waals surface area contributed by atoms with Gasteiger partial charge < -0.3 is 4.74 Å². The van der Waals surface area contributed by atoms with Crippen molar-refractivity contribution in [3.63, 3.8) is 0 Å². The zero-order valence-corrected chi connectivity index (χ0v) is 7.83.